The zero-order valence-electron chi connectivity index (χ0n) is 11.5. The second kappa shape index (κ2) is 6.46. The van der Waals surface area contributed by atoms with Crippen LogP contribution >= 0.6 is 11.6 Å². The zero-order chi connectivity index (χ0) is 14.5. The van der Waals surface area contributed by atoms with Gasteiger partial charge in [0.25, 0.3) is 0 Å². The first-order valence-electron chi connectivity index (χ1n) is 6.84. The molecule has 1 heterocycles. The summed E-state index contributed by atoms with van der Waals surface area (Å²) in [6.07, 6.45) is 3.76. The number of nitrogens with zero attached hydrogens (tertiary/aromatic N) is 2. The third-order valence-electron chi connectivity index (χ3n) is 3.27. The van der Waals surface area contributed by atoms with E-state index < -0.39 is 0 Å². The molecule has 0 saturated carbocycles. The van der Waals surface area contributed by atoms with Crippen molar-refractivity contribution in [1.82, 2.24) is 9.78 Å². The van der Waals surface area contributed by atoms with Crippen molar-refractivity contribution in [3.05, 3.63) is 83.1 Å². The van der Waals surface area contributed by atoms with Crippen LogP contribution in [-0.4, -0.2) is 9.78 Å². The second-order valence-corrected chi connectivity index (χ2v) is 5.32. The van der Waals surface area contributed by atoms with Crippen LogP contribution in [0.1, 0.15) is 11.1 Å². The molecular weight excluding hydrogens is 282 g/mol. The van der Waals surface area contributed by atoms with Gasteiger partial charge in [0.15, 0.2) is 0 Å². The van der Waals surface area contributed by atoms with E-state index in [1.807, 2.05) is 41.2 Å². The maximum atomic E-state index is 5.88. The minimum absolute atomic E-state index is 0.765. The van der Waals surface area contributed by atoms with Crippen molar-refractivity contribution in [2.45, 2.75) is 13.1 Å². The predicted octanol–water partition coefficient (Wildman–Crippen LogP) is 4.20. The first kappa shape index (κ1) is 13.7. The first-order chi connectivity index (χ1) is 10.3. The highest BCUT2D eigenvalue weighted by Crippen LogP contribution is 2.14. The molecule has 0 spiro atoms. The highest BCUT2D eigenvalue weighted by Gasteiger charge is 1.97. The summed E-state index contributed by atoms with van der Waals surface area (Å²) in [4.78, 5) is 0. The number of nitrogens with one attached hydrogen (secondary N) is 1. The van der Waals surface area contributed by atoms with E-state index in [1.54, 1.807) is 6.20 Å². The quantitative estimate of drug-likeness (QED) is 0.765. The minimum atomic E-state index is 0.765. The molecule has 21 heavy (non-hydrogen) atoms. The van der Waals surface area contributed by atoms with E-state index in [0.29, 0.717) is 0 Å². The van der Waals surface area contributed by atoms with Gasteiger partial charge in [0.05, 0.1) is 6.54 Å². The highest BCUT2D eigenvalue weighted by molar-refractivity contribution is 6.30. The van der Waals surface area contributed by atoms with Crippen LogP contribution in [0.3, 0.4) is 0 Å². The molecule has 1 N–H and O–H groups in total. The molecule has 4 heteroatoms. The second-order valence-electron chi connectivity index (χ2n) is 4.88. The summed E-state index contributed by atoms with van der Waals surface area (Å²) >= 11 is 5.88. The lowest BCUT2D eigenvalue weighted by molar-refractivity contribution is 0.687. The molecule has 0 aliphatic carbocycles. The Kier molecular flexibility index (Phi) is 4.22. The average molecular weight is 298 g/mol. The highest BCUT2D eigenvalue weighted by atomic mass is 35.5. The topological polar surface area (TPSA) is 29.9 Å². The number of aromatic nitrogens is 2. The number of halogens is 1. The van der Waals surface area contributed by atoms with E-state index in [4.69, 9.17) is 11.6 Å². The number of benzene rings is 2. The fraction of sp³-hybridized carbons (Fsp3) is 0.118. The number of anilines is 1. The predicted molar refractivity (Wildman–Crippen MR) is 86.5 cm³/mol. The fourth-order valence-electron chi connectivity index (χ4n) is 2.12. The lowest BCUT2D eigenvalue weighted by Crippen LogP contribution is -2.01. The van der Waals surface area contributed by atoms with Crippen LogP contribution in [0.2, 0.25) is 5.02 Å². The minimum Gasteiger partial charge on any atom is -0.381 e. The normalized spacial score (nSPS) is 10.5. The molecule has 0 atom stereocenters. The van der Waals surface area contributed by atoms with Crippen LogP contribution in [0.25, 0.3) is 0 Å². The zero-order valence-corrected chi connectivity index (χ0v) is 12.3. The molecule has 0 unspecified atom stereocenters. The van der Waals surface area contributed by atoms with E-state index in [0.717, 1.165) is 23.8 Å². The smallest absolute Gasteiger partial charge is 0.0659 e. The lowest BCUT2D eigenvalue weighted by atomic mass is 10.2. The number of hydrogen-bond donors (Lipinski definition) is 1. The first-order valence-corrected chi connectivity index (χ1v) is 7.22. The molecule has 1 aromatic heterocycles. The van der Waals surface area contributed by atoms with Crippen LogP contribution in [0.5, 0.6) is 0 Å². The van der Waals surface area contributed by atoms with Crippen LogP contribution in [0.4, 0.5) is 5.69 Å². The van der Waals surface area contributed by atoms with Crippen molar-refractivity contribution < 1.29 is 0 Å². The molecule has 3 rings (SSSR count). The number of rotatable bonds is 5. The van der Waals surface area contributed by atoms with Crippen molar-refractivity contribution in [2.75, 3.05) is 5.32 Å². The maximum Gasteiger partial charge on any atom is 0.0659 e. The van der Waals surface area contributed by atoms with E-state index in [-0.39, 0.29) is 0 Å². The lowest BCUT2D eigenvalue weighted by Gasteiger charge is -2.08. The van der Waals surface area contributed by atoms with Gasteiger partial charge in [0, 0.05) is 29.6 Å². The van der Waals surface area contributed by atoms with Gasteiger partial charge in [-0.05, 0) is 41.5 Å². The van der Waals surface area contributed by atoms with Crippen LogP contribution in [0.15, 0.2) is 67.0 Å². The van der Waals surface area contributed by atoms with Gasteiger partial charge in [0.1, 0.15) is 0 Å². The Bertz CT molecular complexity index is 673. The molecule has 0 aliphatic heterocycles. The Morgan fingerprint density at radius 3 is 2.33 bits per heavy atom. The molecule has 3 aromatic rings. The van der Waals surface area contributed by atoms with Gasteiger partial charge < -0.3 is 5.32 Å². The number of hydrogen-bond acceptors (Lipinski definition) is 2. The standard InChI is InChI=1S/C17H16ClN3/c18-16-6-2-14(3-7-16)12-19-17-8-4-15(5-9-17)13-21-11-1-10-20-21/h1-11,19H,12-13H2. The molecule has 106 valence electrons. The van der Waals surface area contributed by atoms with Gasteiger partial charge in [-0.3, -0.25) is 4.68 Å². The van der Waals surface area contributed by atoms with E-state index in [2.05, 4.69) is 34.7 Å². The molecule has 0 fully saturated rings. The molecule has 3 nitrogen and oxygen atoms in total. The average Bonchev–Trinajstić information content (AvgIpc) is 3.01. The summed E-state index contributed by atoms with van der Waals surface area (Å²) in [5.41, 5.74) is 3.55. The van der Waals surface area contributed by atoms with Gasteiger partial charge in [0.2, 0.25) is 0 Å². The Labute approximate surface area is 129 Å². The molecule has 2 aromatic carbocycles. The molecule has 0 amide bonds. The van der Waals surface area contributed by atoms with Gasteiger partial charge in [-0.15, -0.1) is 0 Å². The van der Waals surface area contributed by atoms with E-state index in [9.17, 15) is 0 Å². The monoisotopic (exact) mass is 297 g/mol. The Morgan fingerprint density at radius 2 is 1.67 bits per heavy atom. The Balaban J connectivity index is 1.58. The Morgan fingerprint density at radius 1 is 0.952 bits per heavy atom. The summed E-state index contributed by atoms with van der Waals surface area (Å²) in [5, 5.41) is 8.37. The summed E-state index contributed by atoms with van der Waals surface area (Å²) in [6, 6.07) is 18.2. The summed E-state index contributed by atoms with van der Waals surface area (Å²) in [5.74, 6) is 0. The van der Waals surface area contributed by atoms with Crippen LogP contribution < -0.4 is 5.32 Å². The SMILES string of the molecule is Clc1ccc(CNc2ccc(Cn3cccn3)cc2)cc1. The van der Waals surface area contributed by atoms with Crippen molar-refractivity contribution in [1.29, 1.82) is 0 Å². The molecule has 0 radical (unpaired) electrons. The van der Waals surface area contributed by atoms with Gasteiger partial charge >= 0.3 is 0 Å². The Hall–Kier alpha value is -2.26. The molecule has 0 saturated heterocycles. The largest absolute Gasteiger partial charge is 0.381 e. The fourth-order valence-corrected chi connectivity index (χ4v) is 2.24. The molecule has 0 bridgehead atoms. The van der Waals surface area contributed by atoms with Crippen molar-refractivity contribution >= 4 is 17.3 Å². The molecule has 0 aliphatic rings. The molecular formula is C17H16ClN3. The van der Waals surface area contributed by atoms with Gasteiger partial charge in [-0.25, -0.2) is 0 Å². The third kappa shape index (κ3) is 3.86. The maximum absolute atomic E-state index is 5.88. The third-order valence-corrected chi connectivity index (χ3v) is 3.52. The van der Waals surface area contributed by atoms with Gasteiger partial charge in [-0.2, -0.15) is 5.10 Å². The van der Waals surface area contributed by atoms with Crippen molar-refractivity contribution in [3.8, 4) is 0 Å². The van der Waals surface area contributed by atoms with Gasteiger partial charge in [-0.1, -0.05) is 35.9 Å². The van der Waals surface area contributed by atoms with Crippen LogP contribution in [0, 0.1) is 0 Å². The van der Waals surface area contributed by atoms with Crippen molar-refractivity contribution in [3.63, 3.8) is 0 Å². The summed E-state index contributed by atoms with van der Waals surface area (Å²) < 4.78 is 1.91. The summed E-state index contributed by atoms with van der Waals surface area (Å²) in [6.45, 7) is 1.58. The van der Waals surface area contributed by atoms with Crippen LogP contribution in [-0.2, 0) is 13.1 Å². The van der Waals surface area contributed by atoms with E-state index in [1.165, 1.54) is 11.1 Å². The van der Waals surface area contributed by atoms with E-state index >= 15 is 0 Å². The van der Waals surface area contributed by atoms with Crippen molar-refractivity contribution in [2.24, 2.45) is 0 Å². The summed E-state index contributed by atoms with van der Waals surface area (Å²) in [7, 11) is 0.